The third-order valence-electron chi connectivity index (χ3n) is 6.23. The van der Waals surface area contributed by atoms with Gasteiger partial charge in [-0.1, -0.05) is 55.3 Å². The smallest absolute Gasteiger partial charge is 0.237 e. The first-order valence-electron chi connectivity index (χ1n) is 11.2. The van der Waals surface area contributed by atoms with Gasteiger partial charge in [-0.15, -0.1) is 16.8 Å². The van der Waals surface area contributed by atoms with Crippen molar-refractivity contribution in [3.63, 3.8) is 0 Å². The fraction of sp³-hybridized carbons (Fsp3) is 0.522. The zero-order chi connectivity index (χ0) is 22.6. The van der Waals surface area contributed by atoms with Crippen LogP contribution in [0.1, 0.15) is 50.3 Å². The molecule has 0 radical (unpaired) electrons. The fourth-order valence-corrected chi connectivity index (χ4v) is 7.21. The second-order valence-corrected chi connectivity index (χ2v) is 11.7. The predicted molar refractivity (Wildman–Crippen MR) is 128 cm³/mol. The van der Waals surface area contributed by atoms with Crippen molar-refractivity contribution in [2.45, 2.75) is 62.2 Å². The van der Waals surface area contributed by atoms with Gasteiger partial charge in [-0.2, -0.15) is 0 Å². The first-order valence-corrected chi connectivity index (χ1v) is 14.0. The topological polar surface area (TPSA) is 85.2 Å². The molecule has 0 unspecified atom stereocenters. The maximum atomic E-state index is 13.3. The highest BCUT2D eigenvalue weighted by Crippen LogP contribution is 2.33. The lowest BCUT2D eigenvalue weighted by atomic mass is 9.89. The number of hydrogen-bond donors (Lipinski definition) is 0. The first kappa shape index (κ1) is 23.0. The van der Waals surface area contributed by atoms with Crippen molar-refractivity contribution in [1.82, 2.24) is 14.8 Å². The standard InChI is InChI=1S/C23H30N4O3S2/c1-2-14-26-22(18-9-5-3-6-10-18)24-25-23(26)31-16-21(28)27(19-11-7-4-8-12-19)20-13-15-32(29,30)17-20/h2,4,7-8,11-12,18,20H,1,3,5-6,9-10,13-17H2/t20-/m0/s1. The minimum atomic E-state index is -3.11. The number of amides is 1. The number of sulfone groups is 1. The molecule has 1 aromatic heterocycles. The summed E-state index contributed by atoms with van der Waals surface area (Å²) in [6, 6.07) is 8.99. The Labute approximate surface area is 194 Å². The molecule has 1 saturated heterocycles. The number of hydrogen-bond acceptors (Lipinski definition) is 6. The van der Waals surface area contributed by atoms with E-state index in [-0.39, 0.29) is 29.2 Å². The molecule has 2 aliphatic rings. The molecule has 1 saturated carbocycles. The lowest BCUT2D eigenvalue weighted by molar-refractivity contribution is -0.116. The summed E-state index contributed by atoms with van der Waals surface area (Å²) in [6.45, 7) is 4.48. The molecule has 1 aromatic carbocycles. The van der Waals surface area contributed by atoms with Gasteiger partial charge in [0.25, 0.3) is 0 Å². The lowest BCUT2D eigenvalue weighted by Crippen LogP contribution is -2.42. The molecular formula is C23H30N4O3S2. The van der Waals surface area contributed by atoms with Crippen molar-refractivity contribution in [2.24, 2.45) is 0 Å². The average molecular weight is 475 g/mol. The number of aromatic nitrogens is 3. The monoisotopic (exact) mass is 474 g/mol. The summed E-state index contributed by atoms with van der Waals surface area (Å²) in [5, 5.41) is 9.59. The number of benzene rings is 1. The molecule has 4 rings (SSSR count). The van der Waals surface area contributed by atoms with Crippen LogP contribution in [0.2, 0.25) is 0 Å². The highest BCUT2D eigenvalue weighted by molar-refractivity contribution is 7.99. The second-order valence-electron chi connectivity index (χ2n) is 8.52. The summed E-state index contributed by atoms with van der Waals surface area (Å²) in [6.07, 6.45) is 8.24. The zero-order valence-corrected chi connectivity index (χ0v) is 19.9. The molecule has 1 aliphatic heterocycles. The average Bonchev–Trinajstić information content (AvgIpc) is 3.36. The molecule has 7 nitrogen and oxygen atoms in total. The molecule has 2 fully saturated rings. The maximum Gasteiger partial charge on any atom is 0.237 e. The van der Waals surface area contributed by atoms with Gasteiger partial charge in [0.05, 0.1) is 23.3 Å². The van der Waals surface area contributed by atoms with E-state index < -0.39 is 9.84 Å². The van der Waals surface area contributed by atoms with Gasteiger partial charge in [0.1, 0.15) is 5.82 Å². The first-order chi connectivity index (χ1) is 15.5. The van der Waals surface area contributed by atoms with Crippen molar-refractivity contribution in [1.29, 1.82) is 0 Å². The summed E-state index contributed by atoms with van der Waals surface area (Å²) in [4.78, 5) is 15.0. The van der Waals surface area contributed by atoms with Gasteiger partial charge in [0, 0.05) is 18.2 Å². The third kappa shape index (κ3) is 5.26. The Morgan fingerprint density at radius 2 is 1.91 bits per heavy atom. The molecule has 9 heteroatoms. The predicted octanol–water partition coefficient (Wildman–Crippen LogP) is 3.82. The Bertz CT molecular complexity index is 1050. The number of rotatable bonds is 8. The summed E-state index contributed by atoms with van der Waals surface area (Å²) < 4.78 is 26.2. The lowest BCUT2D eigenvalue weighted by Gasteiger charge is -2.28. The van der Waals surface area contributed by atoms with Crippen molar-refractivity contribution in [2.75, 3.05) is 22.2 Å². The molecule has 1 atom stereocenters. The van der Waals surface area contributed by atoms with Crippen LogP contribution in [0.25, 0.3) is 0 Å². The van der Waals surface area contributed by atoms with Gasteiger partial charge < -0.3 is 9.47 Å². The van der Waals surface area contributed by atoms with Crippen LogP contribution >= 0.6 is 11.8 Å². The maximum absolute atomic E-state index is 13.3. The number of nitrogens with zero attached hydrogens (tertiary/aromatic N) is 4. The number of para-hydroxylation sites is 1. The quantitative estimate of drug-likeness (QED) is 0.427. The van der Waals surface area contributed by atoms with Crippen LogP contribution in [0.4, 0.5) is 5.69 Å². The van der Waals surface area contributed by atoms with E-state index in [0.717, 1.165) is 24.4 Å². The van der Waals surface area contributed by atoms with Crippen LogP contribution < -0.4 is 4.90 Å². The summed E-state index contributed by atoms with van der Waals surface area (Å²) in [5.74, 6) is 1.59. The molecule has 2 aromatic rings. The third-order valence-corrected chi connectivity index (χ3v) is 8.93. The minimum Gasteiger partial charge on any atom is -0.308 e. The highest BCUT2D eigenvalue weighted by atomic mass is 32.2. The van der Waals surface area contributed by atoms with Crippen LogP contribution in [-0.4, -0.2) is 52.4 Å². The van der Waals surface area contributed by atoms with Crippen LogP contribution in [0.3, 0.4) is 0 Å². The Morgan fingerprint density at radius 3 is 2.56 bits per heavy atom. The SMILES string of the molecule is C=CCn1c(SCC(=O)N(c2ccccc2)[C@H]2CCS(=O)(=O)C2)nnc1C1CCCCC1. The van der Waals surface area contributed by atoms with E-state index in [0.29, 0.717) is 24.0 Å². The molecule has 0 N–H and O–H groups in total. The van der Waals surface area contributed by atoms with E-state index in [1.165, 1.54) is 31.0 Å². The Hall–Kier alpha value is -2.13. The van der Waals surface area contributed by atoms with E-state index in [1.54, 1.807) is 4.90 Å². The molecule has 32 heavy (non-hydrogen) atoms. The summed E-state index contributed by atoms with van der Waals surface area (Å²) in [7, 11) is -3.11. The van der Waals surface area contributed by atoms with E-state index in [4.69, 9.17) is 0 Å². The molecule has 172 valence electrons. The number of carbonyl (C=O) groups excluding carboxylic acids is 1. The summed E-state index contributed by atoms with van der Waals surface area (Å²) >= 11 is 1.36. The van der Waals surface area contributed by atoms with E-state index >= 15 is 0 Å². The van der Waals surface area contributed by atoms with Crippen molar-refractivity contribution >= 4 is 33.2 Å². The van der Waals surface area contributed by atoms with Crippen molar-refractivity contribution in [3.05, 3.63) is 48.8 Å². The van der Waals surface area contributed by atoms with E-state index in [9.17, 15) is 13.2 Å². The van der Waals surface area contributed by atoms with Crippen LogP contribution in [-0.2, 0) is 21.2 Å². The molecular weight excluding hydrogens is 444 g/mol. The number of thioether (sulfide) groups is 1. The molecule has 1 aliphatic carbocycles. The van der Waals surface area contributed by atoms with Crippen LogP contribution in [0.15, 0.2) is 48.1 Å². The van der Waals surface area contributed by atoms with Gasteiger partial charge in [0.2, 0.25) is 5.91 Å². The Kier molecular flexibility index (Phi) is 7.35. The largest absolute Gasteiger partial charge is 0.308 e. The Morgan fingerprint density at radius 1 is 1.16 bits per heavy atom. The summed E-state index contributed by atoms with van der Waals surface area (Å²) in [5.41, 5.74) is 0.732. The normalized spacial score (nSPS) is 20.8. The van der Waals surface area contributed by atoms with Crippen molar-refractivity contribution in [3.8, 4) is 0 Å². The molecule has 1 amide bonds. The Balaban J connectivity index is 1.52. The molecule has 0 spiro atoms. The van der Waals surface area contributed by atoms with Gasteiger partial charge in [-0.3, -0.25) is 4.79 Å². The number of carbonyl (C=O) groups is 1. The van der Waals surface area contributed by atoms with Gasteiger partial charge in [-0.05, 0) is 31.4 Å². The zero-order valence-electron chi connectivity index (χ0n) is 18.2. The molecule has 0 bridgehead atoms. The molecule has 2 heterocycles. The fourth-order valence-electron chi connectivity index (χ4n) is 4.69. The highest BCUT2D eigenvalue weighted by Gasteiger charge is 2.35. The van der Waals surface area contributed by atoms with Gasteiger partial charge in [-0.25, -0.2) is 8.42 Å². The number of anilines is 1. The van der Waals surface area contributed by atoms with Crippen LogP contribution in [0.5, 0.6) is 0 Å². The van der Waals surface area contributed by atoms with Gasteiger partial charge >= 0.3 is 0 Å². The minimum absolute atomic E-state index is 0.0107. The van der Waals surface area contributed by atoms with Crippen LogP contribution in [0, 0.1) is 0 Å². The van der Waals surface area contributed by atoms with Gasteiger partial charge in [0.15, 0.2) is 15.0 Å². The van der Waals surface area contributed by atoms with E-state index in [2.05, 4.69) is 21.3 Å². The van der Waals surface area contributed by atoms with Crippen molar-refractivity contribution < 1.29 is 13.2 Å². The van der Waals surface area contributed by atoms with E-state index in [1.807, 2.05) is 36.4 Å². The number of allylic oxidation sites excluding steroid dienone is 1. The second kappa shape index (κ2) is 10.2.